The highest BCUT2D eigenvalue weighted by atomic mass is 79.9. The number of thiol groups is 1. The molecule has 22 heavy (non-hydrogen) atoms. The fourth-order valence-corrected chi connectivity index (χ4v) is 3.26. The standard InChI is InChI=1S/C16H20BrNO3S/c17-13-3-1-11(2-4-13)9-12(15(20)21)10-14(19)16(22)5-7-18-8-6-16/h1-4,12,18,22H,5-10H2,(H,20,21). The molecule has 0 spiro atoms. The van der Waals surface area contributed by atoms with Crippen LogP contribution in [0.5, 0.6) is 0 Å². The summed E-state index contributed by atoms with van der Waals surface area (Å²) in [6, 6.07) is 7.52. The van der Waals surface area contributed by atoms with Crippen molar-refractivity contribution in [1.29, 1.82) is 0 Å². The molecule has 6 heteroatoms. The Balaban J connectivity index is 2.03. The van der Waals surface area contributed by atoms with Crippen molar-refractivity contribution in [1.82, 2.24) is 5.32 Å². The first kappa shape index (κ1) is 17.5. The lowest BCUT2D eigenvalue weighted by Gasteiger charge is -2.32. The second-order valence-electron chi connectivity index (χ2n) is 5.77. The molecule has 1 heterocycles. The Morgan fingerprint density at radius 3 is 2.41 bits per heavy atom. The summed E-state index contributed by atoms with van der Waals surface area (Å²) in [7, 11) is 0. The van der Waals surface area contributed by atoms with Crippen molar-refractivity contribution in [2.24, 2.45) is 5.92 Å². The van der Waals surface area contributed by atoms with E-state index >= 15 is 0 Å². The van der Waals surface area contributed by atoms with Crippen molar-refractivity contribution in [2.75, 3.05) is 13.1 Å². The van der Waals surface area contributed by atoms with E-state index in [0.717, 1.165) is 23.1 Å². The molecule has 2 rings (SSSR count). The molecular weight excluding hydrogens is 366 g/mol. The van der Waals surface area contributed by atoms with Gasteiger partial charge >= 0.3 is 5.97 Å². The van der Waals surface area contributed by atoms with E-state index in [2.05, 4.69) is 33.9 Å². The highest BCUT2D eigenvalue weighted by Crippen LogP contribution is 2.30. The number of nitrogens with one attached hydrogen (secondary N) is 1. The first-order chi connectivity index (χ1) is 10.4. The Bertz CT molecular complexity index is 541. The molecule has 120 valence electrons. The molecule has 0 bridgehead atoms. The Kier molecular flexibility index (Phi) is 6.06. The van der Waals surface area contributed by atoms with Crippen LogP contribution < -0.4 is 5.32 Å². The smallest absolute Gasteiger partial charge is 0.307 e. The Labute approximate surface area is 144 Å². The minimum absolute atomic E-state index is 0.0366. The maximum Gasteiger partial charge on any atom is 0.307 e. The first-order valence-corrected chi connectivity index (χ1v) is 8.58. The lowest BCUT2D eigenvalue weighted by atomic mass is 9.85. The van der Waals surface area contributed by atoms with E-state index in [4.69, 9.17) is 0 Å². The fourth-order valence-electron chi connectivity index (χ4n) is 2.68. The van der Waals surface area contributed by atoms with Gasteiger partial charge in [-0.3, -0.25) is 9.59 Å². The number of carboxylic acids is 1. The van der Waals surface area contributed by atoms with Crippen LogP contribution in [0, 0.1) is 5.92 Å². The zero-order valence-corrected chi connectivity index (χ0v) is 14.7. The molecular formula is C16H20BrNO3S. The van der Waals surface area contributed by atoms with E-state index in [1.165, 1.54) is 0 Å². The largest absolute Gasteiger partial charge is 0.481 e. The molecule has 0 aromatic heterocycles. The van der Waals surface area contributed by atoms with Crippen LogP contribution in [0.1, 0.15) is 24.8 Å². The number of aliphatic carboxylic acids is 1. The molecule has 4 nitrogen and oxygen atoms in total. The SMILES string of the molecule is O=C(O)C(CC(=O)C1(S)CCNCC1)Cc1ccc(Br)cc1. The molecule has 1 aromatic carbocycles. The molecule has 1 unspecified atom stereocenters. The molecule has 1 saturated heterocycles. The Morgan fingerprint density at radius 1 is 1.27 bits per heavy atom. The zero-order valence-electron chi connectivity index (χ0n) is 12.2. The third kappa shape index (κ3) is 4.57. The van der Waals surface area contributed by atoms with Crippen molar-refractivity contribution in [3.63, 3.8) is 0 Å². The fraction of sp³-hybridized carbons (Fsp3) is 0.500. The van der Waals surface area contributed by atoms with Gasteiger partial charge in [-0.2, -0.15) is 12.6 Å². The number of halogens is 1. The number of piperidine rings is 1. The third-order valence-electron chi connectivity index (χ3n) is 4.13. The summed E-state index contributed by atoms with van der Waals surface area (Å²) in [5, 5.41) is 12.6. The summed E-state index contributed by atoms with van der Waals surface area (Å²) < 4.78 is 0.266. The number of carbonyl (C=O) groups is 2. The predicted molar refractivity (Wildman–Crippen MR) is 92.4 cm³/mol. The molecule has 0 radical (unpaired) electrons. The maximum absolute atomic E-state index is 12.5. The summed E-state index contributed by atoms with van der Waals surface area (Å²) >= 11 is 7.89. The van der Waals surface area contributed by atoms with Crippen molar-refractivity contribution >= 4 is 40.3 Å². The first-order valence-electron chi connectivity index (χ1n) is 7.34. The average molecular weight is 386 g/mol. The number of ketones is 1. The van der Waals surface area contributed by atoms with E-state index in [9.17, 15) is 14.7 Å². The number of Topliss-reactive ketones (excluding diaryl/α,β-unsaturated/α-hetero) is 1. The van der Waals surface area contributed by atoms with Gasteiger partial charge in [0.2, 0.25) is 0 Å². The van der Waals surface area contributed by atoms with Crippen LogP contribution in [0.15, 0.2) is 28.7 Å². The van der Waals surface area contributed by atoms with Crippen molar-refractivity contribution in [3.8, 4) is 0 Å². The van der Waals surface area contributed by atoms with Crippen LogP contribution in [-0.4, -0.2) is 34.7 Å². The Morgan fingerprint density at radius 2 is 1.86 bits per heavy atom. The summed E-state index contributed by atoms with van der Waals surface area (Å²) in [4.78, 5) is 24.0. The van der Waals surface area contributed by atoms with E-state index in [1.807, 2.05) is 24.3 Å². The van der Waals surface area contributed by atoms with Gasteiger partial charge in [-0.1, -0.05) is 28.1 Å². The molecule has 1 fully saturated rings. The molecule has 1 aromatic rings. The van der Waals surface area contributed by atoms with E-state index in [-0.39, 0.29) is 12.2 Å². The van der Waals surface area contributed by atoms with Gasteiger partial charge in [0, 0.05) is 10.9 Å². The molecule has 1 atom stereocenters. The van der Waals surface area contributed by atoms with Gasteiger partial charge in [0.25, 0.3) is 0 Å². The molecule has 0 aliphatic carbocycles. The number of rotatable bonds is 6. The average Bonchev–Trinajstić information content (AvgIpc) is 2.49. The van der Waals surface area contributed by atoms with Crippen LogP contribution in [-0.2, 0) is 16.0 Å². The summed E-state index contributed by atoms with van der Waals surface area (Å²) in [5.41, 5.74) is 0.918. The lowest BCUT2D eigenvalue weighted by molar-refractivity contribution is -0.144. The van der Waals surface area contributed by atoms with Gasteiger partial charge in [0.1, 0.15) is 5.78 Å². The predicted octanol–water partition coefficient (Wildman–Crippen LogP) is 2.70. The van der Waals surface area contributed by atoms with E-state index < -0.39 is 16.6 Å². The highest BCUT2D eigenvalue weighted by Gasteiger charge is 2.37. The number of carboxylic acid groups (broad SMARTS) is 1. The zero-order chi connectivity index (χ0) is 16.2. The minimum Gasteiger partial charge on any atom is -0.481 e. The minimum atomic E-state index is -0.929. The number of carbonyl (C=O) groups excluding carboxylic acids is 1. The molecule has 1 aliphatic heterocycles. The molecule has 0 amide bonds. The van der Waals surface area contributed by atoms with E-state index in [1.54, 1.807) is 0 Å². The third-order valence-corrected chi connectivity index (χ3v) is 5.35. The van der Waals surface area contributed by atoms with Crippen LogP contribution >= 0.6 is 28.6 Å². The second kappa shape index (κ2) is 7.62. The normalized spacial score (nSPS) is 18.6. The Hall–Kier alpha value is -0.850. The van der Waals surface area contributed by atoms with Crippen molar-refractivity contribution < 1.29 is 14.7 Å². The van der Waals surface area contributed by atoms with Gasteiger partial charge in [0.15, 0.2) is 0 Å². The van der Waals surface area contributed by atoms with Gasteiger partial charge < -0.3 is 10.4 Å². The van der Waals surface area contributed by atoms with Crippen LogP contribution in [0.4, 0.5) is 0 Å². The summed E-state index contributed by atoms with van der Waals surface area (Å²) in [6.45, 7) is 1.50. The van der Waals surface area contributed by atoms with Crippen LogP contribution in [0.2, 0.25) is 0 Å². The van der Waals surface area contributed by atoms with Gasteiger partial charge in [-0.05, 0) is 50.0 Å². The highest BCUT2D eigenvalue weighted by molar-refractivity contribution is 9.10. The topological polar surface area (TPSA) is 66.4 Å². The van der Waals surface area contributed by atoms with Gasteiger partial charge in [-0.25, -0.2) is 0 Å². The van der Waals surface area contributed by atoms with Gasteiger partial charge in [0.05, 0.1) is 10.7 Å². The lowest BCUT2D eigenvalue weighted by Crippen LogP contribution is -2.44. The molecule has 1 aliphatic rings. The quantitative estimate of drug-likeness (QED) is 0.658. The van der Waals surface area contributed by atoms with E-state index in [0.29, 0.717) is 19.3 Å². The monoisotopic (exact) mass is 385 g/mol. The van der Waals surface area contributed by atoms with Crippen LogP contribution in [0.3, 0.4) is 0 Å². The van der Waals surface area contributed by atoms with Crippen molar-refractivity contribution in [3.05, 3.63) is 34.3 Å². The molecule has 2 N–H and O–H groups in total. The number of hydrogen-bond donors (Lipinski definition) is 3. The summed E-state index contributed by atoms with van der Waals surface area (Å²) in [6.07, 6.45) is 1.70. The van der Waals surface area contributed by atoms with Crippen molar-refractivity contribution in [2.45, 2.75) is 30.4 Å². The van der Waals surface area contributed by atoms with Gasteiger partial charge in [-0.15, -0.1) is 0 Å². The molecule has 0 saturated carbocycles. The maximum atomic E-state index is 12.5. The van der Waals surface area contributed by atoms with Crippen LogP contribution in [0.25, 0.3) is 0 Å². The summed E-state index contributed by atoms with van der Waals surface area (Å²) in [5.74, 6) is -1.68. The number of benzene rings is 1. The second-order valence-corrected chi connectivity index (χ2v) is 7.55. The number of hydrogen-bond acceptors (Lipinski definition) is 4.